The summed E-state index contributed by atoms with van der Waals surface area (Å²) in [6.07, 6.45) is 5.80. The van der Waals surface area contributed by atoms with E-state index in [4.69, 9.17) is 4.42 Å². The van der Waals surface area contributed by atoms with Gasteiger partial charge in [-0.25, -0.2) is 0 Å². The van der Waals surface area contributed by atoms with Crippen molar-refractivity contribution in [3.05, 3.63) is 24.2 Å². The van der Waals surface area contributed by atoms with Crippen LogP contribution in [-0.4, -0.2) is 36.1 Å². The van der Waals surface area contributed by atoms with Gasteiger partial charge in [-0.2, -0.15) is 0 Å². The minimum absolute atomic E-state index is 0.135. The van der Waals surface area contributed by atoms with Crippen molar-refractivity contribution in [1.29, 1.82) is 0 Å². The van der Waals surface area contributed by atoms with Gasteiger partial charge in [0.1, 0.15) is 0 Å². The second kappa shape index (κ2) is 7.71. The maximum absolute atomic E-state index is 5.20. The lowest BCUT2D eigenvalue weighted by atomic mass is 9.87. The quantitative estimate of drug-likeness (QED) is 0.743. The zero-order valence-corrected chi connectivity index (χ0v) is 13.2. The maximum atomic E-state index is 5.20. The summed E-state index contributed by atoms with van der Waals surface area (Å²) in [5.41, 5.74) is 1.41. The van der Waals surface area contributed by atoms with Crippen molar-refractivity contribution in [2.75, 3.05) is 19.6 Å². The number of nitrogens with zero attached hydrogens (tertiary/aromatic N) is 1. The molecule has 0 radical (unpaired) electrons. The molecule has 19 heavy (non-hydrogen) atoms. The van der Waals surface area contributed by atoms with E-state index in [-0.39, 0.29) is 5.54 Å². The second-order valence-electron chi connectivity index (χ2n) is 5.67. The van der Waals surface area contributed by atoms with Crippen LogP contribution >= 0.6 is 0 Å². The third-order valence-electron chi connectivity index (χ3n) is 4.09. The van der Waals surface area contributed by atoms with Gasteiger partial charge in [0.05, 0.1) is 12.5 Å². The van der Waals surface area contributed by atoms with Crippen molar-refractivity contribution in [2.24, 2.45) is 0 Å². The molecule has 1 aromatic heterocycles. The van der Waals surface area contributed by atoms with E-state index < -0.39 is 0 Å². The third-order valence-corrected chi connectivity index (χ3v) is 4.09. The normalized spacial score (nSPS) is 14.0. The van der Waals surface area contributed by atoms with Gasteiger partial charge in [-0.1, -0.05) is 20.8 Å². The van der Waals surface area contributed by atoms with Crippen LogP contribution in [0.1, 0.15) is 46.6 Å². The van der Waals surface area contributed by atoms with Crippen LogP contribution in [0.25, 0.3) is 0 Å². The second-order valence-corrected chi connectivity index (χ2v) is 5.67. The molecule has 1 heterocycles. The standard InChI is InChI=1S/C16H30N2O/c1-6-10-17-15(12-14-9-11-19-13-14)16(4,5)18(7-2)8-3/h9,11,13,15,17H,6-8,10,12H2,1-5H3. The highest BCUT2D eigenvalue weighted by atomic mass is 16.3. The SMILES string of the molecule is CCCNC(Cc1ccoc1)C(C)(C)N(CC)CC. The van der Waals surface area contributed by atoms with Crippen molar-refractivity contribution in [1.82, 2.24) is 10.2 Å². The molecule has 0 amide bonds. The van der Waals surface area contributed by atoms with E-state index >= 15 is 0 Å². The maximum Gasteiger partial charge on any atom is 0.0935 e. The van der Waals surface area contributed by atoms with E-state index in [9.17, 15) is 0 Å². The fourth-order valence-electron chi connectivity index (χ4n) is 2.79. The zero-order valence-electron chi connectivity index (χ0n) is 13.2. The topological polar surface area (TPSA) is 28.4 Å². The van der Waals surface area contributed by atoms with Crippen molar-refractivity contribution in [3.63, 3.8) is 0 Å². The average Bonchev–Trinajstić information content (AvgIpc) is 2.88. The van der Waals surface area contributed by atoms with Crippen LogP contribution in [-0.2, 0) is 6.42 Å². The van der Waals surface area contributed by atoms with Gasteiger partial charge >= 0.3 is 0 Å². The van der Waals surface area contributed by atoms with E-state index in [0.29, 0.717) is 6.04 Å². The lowest BCUT2D eigenvalue weighted by Gasteiger charge is -2.44. The number of likely N-dealkylation sites (N-methyl/N-ethyl adjacent to an activating group) is 1. The predicted molar refractivity (Wildman–Crippen MR) is 81.5 cm³/mol. The first-order valence-electron chi connectivity index (χ1n) is 7.55. The monoisotopic (exact) mass is 266 g/mol. The smallest absolute Gasteiger partial charge is 0.0935 e. The molecule has 0 saturated carbocycles. The summed E-state index contributed by atoms with van der Waals surface area (Å²) in [5, 5.41) is 3.71. The minimum Gasteiger partial charge on any atom is -0.472 e. The summed E-state index contributed by atoms with van der Waals surface area (Å²) in [6.45, 7) is 14.6. The lowest BCUT2D eigenvalue weighted by molar-refractivity contribution is 0.0911. The molecule has 1 atom stereocenters. The summed E-state index contributed by atoms with van der Waals surface area (Å²) in [4.78, 5) is 2.53. The molecule has 3 nitrogen and oxygen atoms in total. The number of hydrogen-bond donors (Lipinski definition) is 1. The van der Waals surface area contributed by atoms with Crippen LogP contribution in [0.15, 0.2) is 23.0 Å². The Bertz CT molecular complexity index is 329. The van der Waals surface area contributed by atoms with Crippen molar-refractivity contribution in [2.45, 2.75) is 59.0 Å². The minimum atomic E-state index is 0.135. The van der Waals surface area contributed by atoms with Gasteiger partial charge in [0.2, 0.25) is 0 Å². The summed E-state index contributed by atoms with van der Waals surface area (Å²) < 4.78 is 5.20. The fraction of sp³-hybridized carbons (Fsp3) is 0.750. The molecule has 110 valence electrons. The summed E-state index contributed by atoms with van der Waals surface area (Å²) in [5.74, 6) is 0. The summed E-state index contributed by atoms with van der Waals surface area (Å²) in [6, 6.07) is 2.50. The van der Waals surface area contributed by atoms with Gasteiger partial charge in [0.15, 0.2) is 0 Å². The highest BCUT2D eigenvalue weighted by Gasteiger charge is 2.33. The van der Waals surface area contributed by atoms with Crippen LogP contribution in [0.2, 0.25) is 0 Å². The van der Waals surface area contributed by atoms with Crippen LogP contribution < -0.4 is 5.32 Å². The molecule has 1 unspecified atom stereocenters. The highest BCUT2D eigenvalue weighted by molar-refractivity contribution is 5.10. The van der Waals surface area contributed by atoms with Gasteiger partial charge in [-0.15, -0.1) is 0 Å². The average molecular weight is 266 g/mol. The van der Waals surface area contributed by atoms with Crippen molar-refractivity contribution < 1.29 is 4.42 Å². The molecular weight excluding hydrogens is 236 g/mol. The lowest BCUT2D eigenvalue weighted by Crippen LogP contribution is -2.58. The number of rotatable bonds is 9. The Morgan fingerprint density at radius 1 is 1.26 bits per heavy atom. The Balaban J connectivity index is 2.81. The molecule has 1 aromatic rings. The van der Waals surface area contributed by atoms with E-state index in [1.807, 2.05) is 6.26 Å². The van der Waals surface area contributed by atoms with Crippen LogP contribution in [0.3, 0.4) is 0 Å². The molecular formula is C16H30N2O. The number of furan rings is 1. The molecule has 0 aliphatic carbocycles. The Labute approximate surface area is 118 Å². The van der Waals surface area contributed by atoms with Gasteiger partial charge in [-0.05, 0) is 58.0 Å². The first-order valence-corrected chi connectivity index (χ1v) is 7.55. The first-order chi connectivity index (χ1) is 9.06. The van der Waals surface area contributed by atoms with Crippen molar-refractivity contribution in [3.8, 4) is 0 Å². The van der Waals surface area contributed by atoms with E-state index in [2.05, 4.69) is 50.9 Å². The van der Waals surface area contributed by atoms with E-state index in [1.165, 1.54) is 5.56 Å². The molecule has 0 bridgehead atoms. The Morgan fingerprint density at radius 3 is 2.42 bits per heavy atom. The molecule has 0 fully saturated rings. The Kier molecular flexibility index (Phi) is 6.59. The molecule has 1 rings (SSSR count). The zero-order chi connectivity index (χ0) is 14.3. The predicted octanol–water partition coefficient (Wildman–Crippen LogP) is 3.31. The Hall–Kier alpha value is -0.800. The fourth-order valence-corrected chi connectivity index (χ4v) is 2.79. The Morgan fingerprint density at radius 2 is 1.95 bits per heavy atom. The van der Waals surface area contributed by atoms with Crippen LogP contribution in [0.4, 0.5) is 0 Å². The largest absolute Gasteiger partial charge is 0.472 e. The molecule has 0 aliphatic rings. The van der Waals surface area contributed by atoms with Crippen LogP contribution in [0, 0.1) is 0 Å². The highest BCUT2D eigenvalue weighted by Crippen LogP contribution is 2.22. The number of nitrogens with one attached hydrogen (secondary N) is 1. The molecule has 0 aliphatic heterocycles. The van der Waals surface area contributed by atoms with Gasteiger partial charge in [0, 0.05) is 11.6 Å². The molecule has 0 saturated heterocycles. The summed E-state index contributed by atoms with van der Waals surface area (Å²) in [7, 11) is 0. The molecule has 0 aromatic carbocycles. The molecule has 3 heteroatoms. The van der Waals surface area contributed by atoms with E-state index in [1.54, 1.807) is 6.26 Å². The van der Waals surface area contributed by atoms with Gasteiger partial charge < -0.3 is 9.73 Å². The third kappa shape index (κ3) is 4.36. The summed E-state index contributed by atoms with van der Waals surface area (Å²) >= 11 is 0. The first kappa shape index (κ1) is 16.3. The van der Waals surface area contributed by atoms with E-state index in [0.717, 1.165) is 32.5 Å². The van der Waals surface area contributed by atoms with Gasteiger partial charge in [0.25, 0.3) is 0 Å². The van der Waals surface area contributed by atoms with Crippen molar-refractivity contribution >= 4 is 0 Å². The number of hydrogen-bond acceptors (Lipinski definition) is 3. The molecule has 1 N–H and O–H groups in total. The molecule has 0 spiro atoms. The van der Waals surface area contributed by atoms with Crippen LogP contribution in [0.5, 0.6) is 0 Å². The van der Waals surface area contributed by atoms with Gasteiger partial charge in [-0.3, -0.25) is 4.90 Å².